The predicted molar refractivity (Wildman–Crippen MR) is 68.1 cm³/mol. The van der Waals surface area contributed by atoms with Gasteiger partial charge >= 0.3 is 0 Å². The Hall–Kier alpha value is -2.10. The van der Waals surface area contributed by atoms with Gasteiger partial charge in [0.15, 0.2) is 5.82 Å². The third-order valence-electron chi connectivity index (χ3n) is 2.64. The normalized spacial score (nSPS) is 12.1. The summed E-state index contributed by atoms with van der Waals surface area (Å²) in [6.07, 6.45) is 3.08. The Labute approximate surface area is 99.7 Å². The highest BCUT2D eigenvalue weighted by Crippen LogP contribution is 2.16. The van der Waals surface area contributed by atoms with Crippen LogP contribution in [0.4, 0.5) is 5.82 Å². The van der Waals surface area contributed by atoms with Crippen LogP contribution in [0, 0.1) is 6.92 Å². The second-order valence-corrected chi connectivity index (χ2v) is 4.04. The van der Waals surface area contributed by atoms with Crippen molar-refractivity contribution in [3.05, 3.63) is 58.1 Å². The molecule has 2 N–H and O–H groups in total. The highest BCUT2D eigenvalue weighted by molar-refractivity contribution is 5.36. The number of hydrogen-bond donors (Lipinski definition) is 2. The molecule has 17 heavy (non-hydrogen) atoms. The van der Waals surface area contributed by atoms with E-state index in [1.54, 1.807) is 6.20 Å². The van der Waals surface area contributed by atoms with Crippen LogP contribution in [0.5, 0.6) is 0 Å². The lowest BCUT2D eigenvalue weighted by atomic mass is 10.1. The van der Waals surface area contributed by atoms with Gasteiger partial charge in [-0.2, -0.15) is 0 Å². The summed E-state index contributed by atoms with van der Waals surface area (Å²) in [6, 6.07) is 8.24. The molecule has 0 aliphatic carbocycles. The van der Waals surface area contributed by atoms with Gasteiger partial charge in [-0.3, -0.25) is 4.79 Å². The maximum absolute atomic E-state index is 11.5. The molecular weight excluding hydrogens is 214 g/mol. The van der Waals surface area contributed by atoms with Crippen LogP contribution in [0.15, 0.2) is 41.5 Å². The van der Waals surface area contributed by atoms with E-state index in [-0.39, 0.29) is 11.6 Å². The van der Waals surface area contributed by atoms with E-state index in [0.717, 1.165) is 5.56 Å². The number of nitrogens with zero attached hydrogens (tertiary/aromatic N) is 1. The third-order valence-corrected chi connectivity index (χ3v) is 2.64. The first-order chi connectivity index (χ1) is 8.16. The lowest BCUT2D eigenvalue weighted by molar-refractivity contribution is 0.866. The minimum Gasteiger partial charge on any atom is -0.359 e. The summed E-state index contributed by atoms with van der Waals surface area (Å²) in [5.41, 5.74) is 2.14. The largest absolute Gasteiger partial charge is 0.359 e. The molecule has 0 spiro atoms. The summed E-state index contributed by atoms with van der Waals surface area (Å²) in [4.78, 5) is 18.1. The van der Waals surface area contributed by atoms with E-state index in [1.165, 1.54) is 11.8 Å². The van der Waals surface area contributed by atoms with Gasteiger partial charge in [-0.15, -0.1) is 0 Å². The molecule has 0 saturated heterocycles. The van der Waals surface area contributed by atoms with Crippen molar-refractivity contribution in [2.24, 2.45) is 0 Å². The first kappa shape index (κ1) is 11.4. The van der Waals surface area contributed by atoms with E-state index in [4.69, 9.17) is 0 Å². The van der Waals surface area contributed by atoms with Crippen LogP contribution in [0.3, 0.4) is 0 Å². The number of anilines is 1. The van der Waals surface area contributed by atoms with Crippen molar-refractivity contribution >= 4 is 5.82 Å². The summed E-state index contributed by atoms with van der Waals surface area (Å²) in [6.45, 7) is 4.05. The average molecular weight is 229 g/mol. The molecule has 2 aromatic rings. The van der Waals surface area contributed by atoms with Gasteiger partial charge < -0.3 is 10.3 Å². The molecule has 1 aromatic carbocycles. The number of hydrogen-bond acceptors (Lipinski definition) is 3. The molecule has 4 heteroatoms. The SMILES string of the molecule is Cc1ccc(C(C)Nc2ncc[nH]c2=O)cc1. The molecule has 88 valence electrons. The van der Waals surface area contributed by atoms with Crippen molar-refractivity contribution in [1.82, 2.24) is 9.97 Å². The van der Waals surface area contributed by atoms with E-state index < -0.39 is 0 Å². The van der Waals surface area contributed by atoms with Gasteiger partial charge in [0.25, 0.3) is 5.56 Å². The van der Waals surface area contributed by atoms with Crippen LogP contribution in [0.2, 0.25) is 0 Å². The number of aryl methyl sites for hydroxylation is 1. The zero-order valence-corrected chi connectivity index (χ0v) is 9.90. The summed E-state index contributed by atoms with van der Waals surface area (Å²) < 4.78 is 0. The van der Waals surface area contributed by atoms with Crippen LogP contribution < -0.4 is 10.9 Å². The fourth-order valence-corrected chi connectivity index (χ4v) is 1.60. The van der Waals surface area contributed by atoms with Gasteiger partial charge in [0.05, 0.1) is 6.04 Å². The van der Waals surface area contributed by atoms with Crippen LogP contribution in [0.1, 0.15) is 24.1 Å². The summed E-state index contributed by atoms with van der Waals surface area (Å²) in [5, 5.41) is 3.09. The fourth-order valence-electron chi connectivity index (χ4n) is 1.60. The number of aromatic nitrogens is 2. The van der Waals surface area contributed by atoms with Gasteiger partial charge in [0.1, 0.15) is 0 Å². The summed E-state index contributed by atoms with van der Waals surface area (Å²) in [7, 11) is 0. The standard InChI is InChI=1S/C13H15N3O/c1-9-3-5-11(6-4-9)10(2)16-12-13(17)15-8-7-14-12/h3-8,10H,1-2H3,(H,14,16)(H,15,17). The summed E-state index contributed by atoms with van der Waals surface area (Å²) in [5.74, 6) is 0.348. The molecule has 0 fully saturated rings. The molecule has 0 saturated carbocycles. The van der Waals surface area contributed by atoms with Crippen molar-refractivity contribution in [2.45, 2.75) is 19.9 Å². The second-order valence-electron chi connectivity index (χ2n) is 4.04. The molecule has 4 nitrogen and oxygen atoms in total. The zero-order chi connectivity index (χ0) is 12.3. The Kier molecular flexibility index (Phi) is 3.23. The number of benzene rings is 1. The fraction of sp³-hybridized carbons (Fsp3) is 0.231. The molecule has 1 aromatic heterocycles. The van der Waals surface area contributed by atoms with E-state index in [9.17, 15) is 4.79 Å². The van der Waals surface area contributed by atoms with Gasteiger partial charge in [-0.05, 0) is 19.4 Å². The Bertz CT molecular complexity index is 545. The highest BCUT2D eigenvalue weighted by atomic mass is 16.1. The third kappa shape index (κ3) is 2.72. The van der Waals surface area contributed by atoms with Crippen molar-refractivity contribution in [1.29, 1.82) is 0 Å². The van der Waals surface area contributed by atoms with Gasteiger partial charge in [-0.25, -0.2) is 4.98 Å². The Balaban J connectivity index is 2.17. The maximum atomic E-state index is 11.5. The number of rotatable bonds is 3. The van der Waals surface area contributed by atoms with Gasteiger partial charge in [0.2, 0.25) is 0 Å². The molecule has 0 amide bonds. The average Bonchev–Trinajstić information content (AvgIpc) is 2.33. The van der Waals surface area contributed by atoms with Crippen LogP contribution in [-0.4, -0.2) is 9.97 Å². The second kappa shape index (κ2) is 4.82. The molecule has 1 heterocycles. The quantitative estimate of drug-likeness (QED) is 0.848. The lowest BCUT2D eigenvalue weighted by Gasteiger charge is -2.14. The first-order valence-corrected chi connectivity index (χ1v) is 5.53. The molecular formula is C13H15N3O. The van der Waals surface area contributed by atoms with Crippen molar-refractivity contribution in [2.75, 3.05) is 5.32 Å². The summed E-state index contributed by atoms with van der Waals surface area (Å²) >= 11 is 0. The van der Waals surface area contributed by atoms with Crippen LogP contribution >= 0.6 is 0 Å². The number of nitrogens with one attached hydrogen (secondary N) is 2. The molecule has 1 unspecified atom stereocenters. The first-order valence-electron chi connectivity index (χ1n) is 5.53. The lowest BCUT2D eigenvalue weighted by Crippen LogP contribution is -2.17. The molecule has 0 aliphatic heterocycles. The Morgan fingerprint density at radius 3 is 2.65 bits per heavy atom. The molecule has 0 radical (unpaired) electrons. The minimum absolute atomic E-state index is 0.0478. The highest BCUT2D eigenvalue weighted by Gasteiger charge is 2.07. The maximum Gasteiger partial charge on any atom is 0.290 e. The van der Waals surface area contributed by atoms with Gasteiger partial charge in [0, 0.05) is 12.4 Å². The van der Waals surface area contributed by atoms with Crippen LogP contribution in [-0.2, 0) is 0 Å². The monoisotopic (exact) mass is 229 g/mol. The number of aromatic amines is 1. The van der Waals surface area contributed by atoms with Crippen LogP contribution in [0.25, 0.3) is 0 Å². The molecule has 0 aliphatic rings. The van der Waals surface area contributed by atoms with E-state index in [2.05, 4.69) is 27.4 Å². The van der Waals surface area contributed by atoms with Crippen molar-refractivity contribution in [3.8, 4) is 0 Å². The number of H-pyrrole nitrogens is 1. The Morgan fingerprint density at radius 1 is 1.29 bits per heavy atom. The van der Waals surface area contributed by atoms with Gasteiger partial charge in [-0.1, -0.05) is 29.8 Å². The molecule has 2 rings (SSSR count). The molecule has 0 bridgehead atoms. The van der Waals surface area contributed by atoms with Crippen molar-refractivity contribution < 1.29 is 0 Å². The Morgan fingerprint density at radius 2 is 2.00 bits per heavy atom. The minimum atomic E-state index is -0.202. The predicted octanol–water partition coefficient (Wildman–Crippen LogP) is 2.25. The van der Waals surface area contributed by atoms with E-state index in [1.807, 2.05) is 26.0 Å². The smallest absolute Gasteiger partial charge is 0.290 e. The zero-order valence-electron chi connectivity index (χ0n) is 9.90. The topological polar surface area (TPSA) is 57.8 Å². The van der Waals surface area contributed by atoms with E-state index >= 15 is 0 Å². The molecule has 1 atom stereocenters. The van der Waals surface area contributed by atoms with E-state index in [0.29, 0.717) is 5.82 Å². The van der Waals surface area contributed by atoms with Crippen molar-refractivity contribution in [3.63, 3.8) is 0 Å².